The molecule has 2 aliphatic heterocycles. The minimum atomic E-state index is -0.209. The molecule has 0 spiro atoms. The second kappa shape index (κ2) is 6.02. The van der Waals surface area contributed by atoms with Crippen LogP contribution in [0.5, 0.6) is 0 Å². The molecule has 3 heterocycles. The van der Waals surface area contributed by atoms with Gasteiger partial charge in [0.05, 0.1) is 0 Å². The van der Waals surface area contributed by atoms with E-state index in [2.05, 4.69) is 121 Å². The number of hydrogen-bond acceptors (Lipinski definition) is 0. The van der Waals surface area contributed by atoms with E-state index in [1.165, 1.54) is 39.1 Å². The fraction of sp³-hybridized carbons (Fsp3) is 0.107. The van der Waals surface area contributed by atoms with Crippen LogP contribution in [0.3, 0.4) is 0 Å². The first-order valence-corrected chi connectivity index (χ1v) is 10.3. The fourth-order valence-corrected chi connectivity index (χ4v) is 5.52. The van der Waals surface area contributed by atoms with Crippen LogP contribution in [0, 0.1) is 0 Å². The molecular formula is C28H22N+. The fourth-order valence-electron chi connectivity index (χ4n) is 5.52. The zero-order valence-corrected chi connectivity index (χ0v) is 16.4. The van der Waals surface area contributed by atoms with Crippen molar-refractivity contribution in [2.45, 2.75) is 18.4 Å². The molecule has 1 aromatic heterocycles. The van der Waals surface area contributed by atoms with E-state index in [0.29, 0.717) is 0 Å². The Hall–Kier alpha value is -3.45. The van der Waals surface area contributed by atoms with Gasteiger partial charge in [-0.2, -0.15) is 4.57 Å². The Morgan fingerprint density at radius 3 is 2.03 bits per heavy atom. The van der Waals surface area contributed by atoms with Crippen LogP contribution in [0.2, 0.25) is 0 Å². The molecule has 0 fully saturated rings. The van der Waals surface area contributed by atoms with Gasteiger partial charge in [0.1, 0.15) is 5.41 Å². The number of allylic oxidation sites excluding steroid dienone is 2. The van der Waals surface area contributed by atoms with E-state index in [-0.39, 0.29) is 11.5 Å². The lowest BCUT2D eigenvalue weighted by Gasteiger charge is -2.45. The van der Waals surface area contributed by atoms with Crippen LogP contribution in [0.4, 0.5) is 0 Å². The van der Waals surface area contributed by atoms with Crippen LogP contribution < -0.4 is 4.57 Å². The van der Waals surface area contributed by atoms with Gasteiger partial charge in [0.2, 0.25) is 6.04 Å². The number of aromatic nitrogens is 1. The summed E-state index contributed by atoms with van der Waals surface area (Å²) in [6.07, 6.45) is 2.25. The van der Waals surface area contributed by atoms with E-state index < -0.39 is 0 Å². The molecule has 4 aromatic rings. The third-order valence-corrected chi connectivity index (χ3v) is 6.66. The van der Waals surface area contributed by atoms with E-state index in [0.717, 1.165) is 0 Å². The van der Waals surface area contributed by atoms with Gasteiger partial charge >= 0.3 is 0 Å². The Balaban J connectivity index is 1.80. The van der Waals surface area contributed by atoms with Crippen molar-refractivity contribution in [1.29, 1.82) is 0 Å². The first-order valence-electron chi connectivity index (χ1n) is 10.3. The normalized spacial score (nSPS) is 21.6. The average Bonchev–Trinajstić information content (AvgIpc) is 2.80. The van der Waals surface area contributed by atoms with Crippen molar-refractivity contribution in [3.8, 4) is 0 Å². The van der Waals surface area contributed by atoms with Crippen molar-refractivity contribution in [3.63, 3.8) is 0 Å². The van der Waals surface area contributed by atoms with Gasteiger partial charge in [-0.1, -0.05) is 91.0 Å². The summed E-state index contributed by atoms with van der Waals surface area (Å²) < 4.78 is 2.48. The van der Waals surface area contributed by atoms with Crippen LogP contribution >= 0.6 is 0 Å². The summed E-state index contributed by atoms with van der Waals surface area (Å²) in [5.74, 6) is 0. The van der Waals surface area contributed by atoms with Crippen LogP contribution in [0.1, 0.15) is 40.9 Å². The van der Waals surface area contributed by atoms with Crippen LogP contribution in [0.15, 0.2) is 109 Å². The maximum absolute atomic E-state index is 2.48. The summed E-state index contributed by atoms with van der Waals surface area (Å²) in [5.41, 5.74) is 9.46. The Morgan fingerprint density at radius 2 is 1.28 bits per heavy atom. The molecular weight excluding hydrogens is 350 g/mol. The molecule has 3 aliphatic rings. The first kappa shape index (κ1) is 16.5. The molecule has 0 saturated carbocycles. The summed E-state index contributed by atoms with van der Waals surface area (Å²) in [6, 6.07) is 37.7. The summed E-state index contributed by atoms with van der Waals surface area (Å²) in [6.45, 7) is 2.40. The second-order valence-corrected chi connectivity index (χ2v) is 8.13. The number of benzene rings is 3. The Bertz CT molecular complexity index is 1200. The molecule has 1 aliphatic carbocycles. The molecule has 29 heavy (non-hydrogen) atoms. The lowest BCUT2D eigenvalue weighted by molar-refractivity contribution is -0.714. The van der Waals surface area contributed by atoms with Crippen molar-refractivity contribution in [2.24, 2.45) is 0 Å². The Morgan fingerprint density at radius 1 is 0.655 bits per heavy atom. The molecule has 1 heteroatoms. The maximum Gasteiger partial charge on any atom is 0.210 e. The number of pyridine rings is 1. The highest BCUT2D eigenvalue weighted by atomic mass is 15.0. The highest BCUT2D eigenvalue weighted by Crippen LogP contribution is 2.58. The predicted octanol–water partition coefficient (Wildman–Crippen LogP) is 5.81. The van der Waals surface area contributed by atoms with Crippen molar-refractivity contribution in [3.05, 3.63) is 137 Å². The summed E-state index contributed by atoms with van der Waals surface area (Å²) in [7, 11) is 0. The van der Waals surface area contributed by atoms with Gasteiger partial charge in [-0.15, -0.1) is 0 Å². The Labute approximate surface area is 171 Å². The number of hydrogen-bond donors (Lipinski definition) is 0. The number of rotatable bonds is 2. The zero-order chi connectivity index (χ0) is 19.4. The number of nitrogens with zero attached hydrogens (tertiary/aromatic N) is 1. The molecule has 0 amide bonds. The molecule has 0 saturated heterocycles. The molecule has 138 valence electrons. The predicted molar refractivity (Wildman–Crippen MR) is 117 cm³/mol. The maximum atomic E-state index is 2.48. The van der Waals surface area contributed by atoms with Gasteiger partial charge in [0.25, 0.3) is 0 Å². The molecule has 3 aromatic carbocycles. The minimum absolute atomic E-state index is 0.182. The third-order valence-electron chi connectivity index (χ3n) is 6.66. The van der Waals surface area contributed by atoms with E-state index in [1.54, 1.807) is 0 Å². The third kappa shape index (κ3) is 2.13. The monoisotopic (exact) mass is 372 g/mol. The molecule has 2 atom stereocenters. The van der Waals surface area contributed by atoms with E-state index in [1.807, 2.05) is 0 Å². The lowest BCUT2D eigenvalue weighted by atomic mass is 9.58. The average molecular weight is 372 g/mol. The van der Waals surface area contributed by atoms with Crippen LogP contribution in [-0.4, -0.2) is 0 Å². The largest absolute Gasteiger partial charge is 0.210 e. The minimum Gasteiger partial charge on any atom is -0.190 e. The van der Waals surface area contributed by atoms with Crippen molar-refractivity contribution in [2.75, 3.05) is 0 Å². The quantitative estimate of drug-likeness (QED) is 0.391. The van der Waals surface area contributed by atoms with Gasteiger partial charge in [-0.3, -0.25) is 0 Å². The molecule has 0 unspecified atom stereocenters. The first-order chi connectivity index (χ1) is 14.3. The highest BCUT2D eigenvalue weighted by molar-refractivity contribution is 6.01. The zero-order valence-electron chi connectivity index (χ0n) is 16.4. The summed E-state index contributed by atoms with van der Waals surface area (Å²) in [5, 5.41) is 0. The summed E-state index contributed by atoms with van der Waals surface area (Å²) >= 11 is 0. The van der Waals surface area contributed by atoms with E-state index in [9.17, 15) is 0 Å². The highest BCUT2D eigenvalue weighted by Gasteiger charge is 2.56. The van der Waals surface area contributed by atoms with E-state index in [4.69, 9.17) is 0 Å². The molecule has 0 N–H and O–H groups in total. The second-order valence-electron chi connectivity index (χ2n) is 8.13. The molecule has 7 rings (SSSR count). The Kier molecular flexibility index (Phi) is 3.43. The smallest absolute Gasteiger partial charge is 0.190 e. The topological polar surface area (TPSA) is 3.88 Å². The van der Waals surface area contributed by atoms with Crippen LogP contribution in [0.25, 0.3) is 11.1 Å². The van der Waals surface area contributed by atoms with Crippen LogP contribution in [-0.2, 0) is 5.41 Å². The summed E-state index contributed by atoms with van der Waals surface area (Å²) in [4.78, 5) is 0. The lowest BCUT2D eigenvalue weighted by Crippen LogP contribution is -2.58. The van der Waals surface area contributed by atoms with Crippen molar-refractivity contribution >= 4 is 11.1 Å². The molecule has 0 radical (unpaired) electrons. The molecule has 1 nitrogen and oxygen atoms in total. The van der Waals surface area contributed by atoms with Gasteiger partial charge in [0, 0.05) is 23.3 Å². The van der Waals surface area contributed by atoms with Gasteiger partial charge in [-0.25, -0.2) is 0 Å². The van der Waals surface area contributed by atoms with Gasteiger partial charge in [0.15, 0.2) is 11.9 Å². The van der Waals surface area contributed by atoms with E-state index >= 15 is 0 Å². The SMILES string of the molecule is C[C@]12C(c3ccccc3)=C(c3ccccc3)[C@H](c3ccccc31)[n+]1ccccc12. The molecule has 2 bridgehead atoms. The van der Waals surface area contributed by atoms with Gasteiger partial charge in [-0.05, 0) is 29.2 Å². The standard InChI is InChI=1S/C28H22N/c1-28-23-17-9-8-16-22(23)27(29-19-11-10-18-24(28)29)25(20-12-4-2-5-13-20)26(28)21-14-6-3-7-15-21/h2-19,27H,1H3/q+1/t27-,28-/m0/s1. The van der Waals surface area contributed by atoms with Crippen molar-refractivity contribution < 1.29 is 4.57 Å². The van der Waals surface area contributed by atoms with Crippen molar-refractivity contribution in [1.82, 2.24) is 0 Å². The van der Waals surface area contributed by atoms with Gasteiger partial charge < -0.3 is 0 Å².